The topological polar surface area (TPSA) is 74.8 Å². The monoisotopic (exact) mass is 516 g/mol. The van der Waals surface area contributed by atoms with Gasteiger partial charge in [-0.05, 0) is 24.3 Å². The van der Waals surface area contributed by atoms with E-state index in [-0.39, 0.29) is 35.8 Å². The Morgan fingerprint density at radius 3 is 2.48 bits per heavy atom. The van der Waals surface area contributed by atoms with E-state index < -0.39 is 0 Å². The van der Waals surface area contributed by atoms with E-state index in [1.54, 1.807) is 7.05 Å². The minimum Gasteiger partial charge on any atom is -0.376 e. The number of benzene rings is 1. The van der Waals surface area contributed by atoms with Gasteiger partial charge in [-0.15, -0.1) is 24.0 Å². The average Bonchev–Trinajstić information content (AvgIpc) is 2.74. The van der Waals surface area contributed by atoms with E-state index in [0.717, 1.165) is 25.3 Å². The molecule has 3 N–H and O–H groups in total. The molecule has 1 saturated carbocycles. The lowest BCUT2D eigenvalue weighted by atomic mass is 9.89. The second-order valence-electron chi connectivity index (χ2n) is 7.61. The van der Waals surface area contributed by atoms with Crippen LogP contribution in [0.4, 0.5) is 0 Å². The van der Waals surface area contributed by atoms with Gasteiger partial charge in [0.1, 0.15) is 0 Å². The maximum Gasteiger partial charge on any atom is 0.223 e. The average molecular weight is 516 g/mol. The van der Waals surface area contributed by atoms with E-state index in [4.69, 9.17) is 4.74 Å². The quantitative estimate of drug-likeness (QED) is 0.193. The number of carbonyl (C=O) groups excluding carboxylic acids is 1. The normalized spacial score (nSPS) is 15.9. The smallest absolute Gasteiger partial charge is 0.223 e. The highest BCUT2D eigenvalue weighted by atomic mass is 127. The molecular weight excluding hydrogens is 479 g/mol. The fourth-order valence-corrected chi connectivity index (χ4v) is 3.38. The van der Waals surface area contributed by atoms with Gasteiger partial charge in [0.2, 0.25) is 5.91 Å². The molecule has 1 unspecified atom stereocenters. The first-order valence-corrected chi connectivity index (χ1v) is 10.5. The van der Waals surface area contributed by atoms with Crippen LogP contribution in [0.2, 0.25) is 0 Å². The Bertz CT molecular complexity index is 592. The molecule has 0 aromatic heterocycles. The highest BCUT2D eigenvalue weighted by Crippen LogP contribution is 2.23. The summed E-state index contributed by atoms with van der Waals surface area (Å²) in [7, 11) is 1.76. The first-order valence-electron chi connectivity index (χ1n) is 10.5. The van der Waals surface area contributed by atoms with Gasteiger partial charge < -0.3 is 20.7 Å². The number of nitrogens with zero attached hydrogens (tertiary/aromatic N) is 1. The van der Waals surface area contributed by atoms with E-state index >= 15 is 0 Å². The summed E-state index contributed by atoms with van der Waals surface area (Å²) in [6, 6.07) is 10.2. The van der Waals surface area contributed by atoms with Crippen molar-refractivity contribution in [3.05, 3.63) is 35.9 Å². The van der Waals surface area contributed by atoms with E-state index in [0.29, 0.717) is 32.2 Å². The molecule has 1 aromatic rings. The number of rotatable bonds is 10. The fraction of sp³-hybridized carbons (Fsp3) is 0.636. The molecule has 2 rings (SSSR count). The van der Waals surface area contributed by atoms with Gasteiger partial charge in [0.05, 0.1) is 13.2 Å². The van der Waals surface area contributed by atoms with Gasteiger partial charge in [-0.25, -0.2) is 0 Å². The summed E-state index contributed by atoms with van der Waals surface area (Å²) in [5, 5.41) is 9.60. The summed E-state index contributed by atoms with van der Waals surface area (Å²) in [5.41, 5.74) is 1.19. The van der Waals surface area contributed by atoms with Gasteiger partial charge in [-0.3, -0.25) is 9.79 Å². The van der Waals surface area contributed by atoms with E-state index in [9.17, 15) is 4.79 Å². The molecule has 1 fully saturated rings. The highest BCUT2D eigenvalue weighted by Gasteiger charge is 2.20. The number of hydrogen-bond acceptors (Lipinski definition) is 3. The van der Waals surface area contributed by atoms with Crippen molar-refractivity contribution in [1.82, 2.24) is 16.0 Å². The molecule has 0 heterocycles. The van der Waals surface area contributed by atoms with E-state index in [1.165, 1.54) is 24.8 Å². The van der Waals surface area contributed by atoms with Gasteiger partial charge in [-0.2, -0.15) is 0 Å². The third kappa shape index (κ3) is 10.8. The summed E-state index contributed by atoms with van der Waals surface area (Å²) < 4.78 is 5.78. The van der Waals surface area contributed by atoms with Crippen molar-refractivity contribution in [3.8, 4) is 0 Å². The SMILES string of the molecule is CN=C(NCCNC(=O)C1CCCCC1)NCC(C)COCc1ccccc1.I. The van der Waals surface area contributed by atoms with Gasteiger partial charge >= 0.3 is 0 Å². The van der Waals surface area contributed by atoms with Crippen LogP contribution in [0.5, 0.6) is 0 Å². The van der Waals surface area contributed by atoms with Crippen LogP contribution < -0.4 is 16.0 Å². The Morgan fingerprint density at radius 2 is 1.79 bits per heavy atom. The van der Waals surface area contributed by atoms with E-state index in [2.05, 4.69) is 40.0 Å². The van der Waals surface area contributed by atoms with Gasteiger partial charge in [0, 0.05) is 32.6 Å². The van der Waals surface area contributed by atoms with Crippen LogP contribution in [0.1, 0.15) is 44.6 Å². The number of guanidine groups is 1. The molecule has 1 atom stereocenters. The summed E-state index contributed by atoms with van der Waals surface area (Å²) in [6.45, 7) is 5.54. The molecule has 1 aliphatic carbocycles. The Balaban J connectivity index is 0.00000420. The number of nitrogens with one attached hydrogen (secondary N) is 3. The predicted molar refractivity (Wildman–Crippen MR) is 130 cm³/mol. The van der Waals surface area contributed by atoms with Gasteiger partial charge in [-0.1, -0.05) is 56.5 Å². The number of amides is 1. The number of halogens is 1. The molecule has 1 aliphatic rings. The maximum atomic E-state index is 12.1. The van der Waals surface area contributed by atoms with Gasteiger partial charge in [0.25, 0.3) is 0 Å². The molecule has 0 saturated heterocycles. The number of aliphatic imine (C=N–C) groups is 1. The highest BCUT2D eigenvalue weighted by molar-refractivity contribution is 14.0. The van der Waals surface area contributed by atoms with Crippen LogP contribution in [0, 0.1) is 11.8 Å². The van der Waals surface area contributed by atoms with Crippen LogP contribution in [-0.4, -0.2) is 45.2 Å². The Labute approximate surface area is 192 Å². The number of ether oxygens (including phenoxy) is 1. The second kappa shape index (κ2) is 15.5. The van der Waals surface area contributed by atoms with Crippen molar-refractivity contribution in [2.75, 3.05) is 33.3 Å². The summed E-state index contributed by atoms with van der Waals surface area (Å²) in [4.78, 5) is 16.4. The molecule has 0 spiro atoms. The van der Waals surface area contributed by atoms with Crippen LogP contribution in [0.25, 0.3) is 0 Å². The second-order valence-corrected chi connectivity index (χ2v) is 7.61. The van der Waals surface area contributed by atoms with E-state index in [1.807, 2.05) is 18.2 Å². The zero-order chi connectivity index (χ0) is 20.0. The van der Waals surface area contributed by atoms with Crippen LogP contribution in [-0.2, 0) is 16.1 Å². The minimum atomic E-state index is 0. The molecule has 164 valence electrons. The van der Waals surface area contributed by atoms with Crippen molar-refractivity contribution < 1.29 is 9.53 Å². The van der Waals surface area contributed by atoms with Crippen molar-refractivity contribution in [2.24, 2.45) is 16.8 Å². The first kappa shape index (κ1) is 25.7. The zero-order valence-corrected chi connectivity index (χ0v) is 20.1. The molecule has 0 bridgehead atoms. The lowest BCUT2D eigenvalue weighted by molar-refractivity contribution is -0.125. The third-order valence-corrected chi connectivity index (χ3v) is 5.05. The van der Waals surface area contributed by atoms with Gasteiger partial charge in [0.15, 0.2) is 5.96 Å². The minimum absolute atomic E-state index is 0. The first-order chi connectivity index (χ1) is 13.7. The fourth-order valence-electron chi connectivity index (χ4n) is 3.38. The molecular formula is C22H37IN4O2. The zero-order valence-electron chi connectivity index (χ0n) is 17.8. The molecule has 1 aromatic carbocycles. The maximum absolute atomic E-state index is 12.1. The van der Waals surface area contributed by atoms with Crippen LogP contribution >= 0.6 is 24.0 Å². The molecule has 29 heavy (non-hydrogen) atoms. The summed E-state index contributed by atoms with van der Waals surface area (Å²) >= 11 is 0. The molecule has 1 amide bonds. The number of carbonyl (C=O) groups is 1. The third-order valence-electron chi connectivity index (χ3n) is 5.05. The largest absolute Gasteiger partial charge is 0.376 e. The molecule has 0 aliphatic heterocycles. The van der Waals surface area contributed by atoms with Crippen LogP contribution in [0.3, 0.4) is 0 Å². The van der Waals surface area contributed by atoms with Crippen molar-refractivity contribution in [1.29, 1.82) is 0 Å². The molecule has 7 heteroatoms. The van der Waals surface area contributed by atoms with Crippen molar-refractivity contribution >= 4 is 35.8 Å². The summed E-state index contributed by atoms with van der Waals surface area (Å²) in [5.74, 6) is 1.53. The van der Waals surface area contributed by atoms with Crippen LogP contribution in [0.15, 0.2) is 35.3 Å². The Morgan fingerprint density at radius 1 is 1.10 bits per heavy atom. The number of hydrogen-bond donors (Lipinski definition) is 3. The Kier molecular flexibility index (Phi) is 13.7. The molecule has 6 nitrogen and oxygen atoms in total. The Hall–Kier alpha value is -1.35. The van der Waals surface area contributed by atoms with Crippen molar-refractivity contribution in [3.63, 3.8) is 0 Å². The standard InChI is InChI=1S/C22H36N4O2.HI/c1-18(16-28-17-19-9-5-3-6-10-19)15-26-22(23-2)25-14-13-24-21(27)20-11-7-4-8-12-20;/h3,5-6,9-10,18,20H,4,7-8,11-17H2,1-2H3,(H,24,27)(H2,23,25,26);1H. The predicted octanol–water partition coefficient (Wildman–Crippen LogP) is 3.32. The van der Waals surface area contributed by atoms with Crippen molar-refractivity contribution in [2.45, 2.75) is 45.6 Å². The molecule has 0 radical (unpaired) electrons. The lowest BCUT2D eigenvalue weighted by Crippen LogP contribution is -2.44. The summed E-state index contributed by atoms with van der Waals surface area (Å²) in [6.07, 6.45) is 5.70. The lowest BCUT2D eigenvalue weighted by Gasteiger charge is -2.21.